The van der Waals surface area contributed by atoms with Gasteiger partial charge in [0.2, 0.25) is 0 Å². The number of aromatic nitrogens is 1. The highest BCUT2D eigenvalue weighted by Crippen LogP contribution is 2.04. The maximum Gasteiger partial charge on any atom is 0.337 e. The first-order valence-electron chi connectivity index (χ1n) is 3.85. The van der Waals surface area contributed by atoms with Crippen molar-refractivity contribution in [1.82, 2.24) is 4.98 Å². The fourth-order valence-electron chi connectivity index (χ4n) is 0.868. The third-order valence-electron chi connectivity index (χ3n) is 1.46. The molecule has 1 aromatic heterocycles. The van der Waals surface area contributed by atoms with Crippen LogP contribution in [0.4, 0.5) is 0 Å². The highest BCUT2D eigenvalue weighted by atomic mass is 16.4. The fourth-order valence-corrected chi connectivity index (χ4v) is 0.868. The molecule has 1 rings (SSSR count). The summed E-state index contributed by atoms with van der Waals surface area (Å²) in [6.45, 7) is 0. The Labute approximate surface area is 80.6 Å². The van der Waals surface area contributed by atoms with Gasteiger partial charge in [0.15, 0.2) is 0 Å². The Morgan fingerprint density at radius 2 is 2.43 bits per heavy atom. The first kappa shape index (κ1) is 9.93. The lowest BCUT2D eigenvalue weighted by Crippen LogP contribution is -2.00. The summed E-state index contributed by atoms with van der Waals surface area (Å²) in [4.78, 5) is 24.4. The largest absolute Gasteiger partial charge is 0.478 e. The molecule has 0 radical (unpaired) electrons. The van der Waals surface area contributed by atoms with E-state index in [0.717, 1.165) is 0 Å². The predicted octanol–water partition coefficient (Wildman–Crippen LogP) is 0.720. The molecule has 1 aromatic rings. The number of carbonyl (C=O) groups is 2. The van der Waals surface area contributed by atoms with E-state index in [2.05, 4.69) is 16.8 Å². The zero-order valence-electron chi connectivity index (χ0n) is 7.23. The second-order valence-corrected chi connectivity index (χ2v) is 2.40. The Morgan fingerprint density at radius 1 is 1.64 bits per heavy atom. The molecule has 0 aliphatic heterocycles. The molecular formula is C10H7NO3. The number of rotatable bonds is 2. The van der Waals surface area contributed by atoms with E-state index in [0.29, 0.717) is 11.8 Å². The van der Waals surface area contributed by atoms with Crippen LogP contribution >= 0.6 is 0 Å². The lowest BCUT2D eigenvalue weighted by Gasteiger charge is -1.95. The standard InChI is InChI=1S/C10H7NO3/c12-6-2-1-3-8-7-11-5-4-9(8)10(13)14/h4-7H,2H2,(H,13,14). The SMILES string of the molecule is O=CCC#Cc1cnccc1C(=O)O. The Bertz CT molecular complexity index is 415. The molecule has 14 heavy (non-hydrogen) atoms. The van der Waals surface area contributed by atoms with Crippen LogP contribution in [0.5, 0.6) is 0 Å². The van der Waals surface area contributed by atoms with Crippen LogP contribution in [0.3, 0.4) is 0 Å². The number of carbonyl (C=O) groups excluding carboxylic acids is 1. The van der Waals surface area contributed by atoms with E-state index in [-0.39, 0.29) is 12.0 Å². The minimum Gasteiger partial charge on any atom is -0.478 e. The summed E-state index contributed by atoms with van der Waals surface area (Å²) in [5.74, 6) is 4.04. The smallest absolute Gasteiger partial charge is 0.337 e. The highest BCUT2D eigenvalue weighted by Gasteiger charge is 2.06. The predicted molar refractivity (Wildman–Crippen MR) is 48.8 cm³/mol. The van der Waals surface area contributed by atoms with Gasteiger partial charge in [0.1, 0.15) is 6.29 Å². The summed E-state index contributed by atoms with van der Waals surface area (Å²) in [5.41, 5.74) is 0.417. The molecule has 0 spiro atoms. The zero-order chi connectivity index (χ0) is 10.4. The molecule has 0 aliphatic rings. The van der Waals surface area contributed by atoms with Gasteiger partial charge >= 0.3 is 5.97 Å². The molecule has 0 fully saturated rings. The number of pyridine rings is 1. The maximum atomic E-state index is 10.7. The van der Waals surface area contributed by atoms with E-state index < -0.39 is 5.97 Å². The molecule has 0 amide bonds. The Morgan fingerprint density at radius 3 is 3.07 bits per heavy atom. The van der Waals surface area contributed by atoms with Gasteiger partial charge in [-0.2, -0.15) is 0 Å². The van der Waals surface area contributed by atoms with E-state index in [9.17, 15) is 9.59 Å². The normalized spacial score (nSPS) is 8.57. The number of hydrogen-bond acceptors (Lipinski definition) is 3. The molecular weight excluding hydrogens is 182 g/mol. The van der Waals surface area contributed by atoms with E-state index in [1.165, 1.54) is 18.5 Å². The summed E-state index contributed by atoms with van der Waals surface area (Å²) in [6.07, 6.45) is 3.49. The average molecular weight is 189 g/mol. The molecule has 70 valence electrons. The molecule has 4 nitrogen and oxygen atoms in total. The van der Waals surface area contributed by atoms with Gasteiger partial charge in [-0.15, -0.1) is 0 Å². The molecule has 0 aliphatic carbocycles. The van der Waals surface area contributed by atoms with Crippen LogP contribution in [-0.2, 0) is 4.79 Å². The zero-order valence-corrected chi connectivity index (χ0v) is 7.23. The van der Waals surface area contributed by atoms with Crippen LogP contribution < -0.4 is 0 Å². The molecule has 0 aromatic carbocycles. The number of carboxylic acid groups (broad SMARTS) is 1. The van der Waals surface area contributed by atoms with E-state index >= 15 is 0 Å². The minimum absolute atomic E-state index is 0.0912. The van der Waals surface area contributed by atoms with Gasteiger partial charge in [0.25, 0.3) is 0 Å². The summed E-state index contributed by atoms with van der Waals surface area (Å²) in [5, 5.41) is 8.76. The van der Waals surface area contributed by atoms with Crippen LogP contribution in [-0.4, -0.2) is 22.3 Å². The Balaban J connectivity index is 3.03. The minimum atomic E-state index is -1.05. The summed E-state index contributed by atoms with van der Waals surface area (Å²) >= 11 is 0. The van der Waals surface area contributed by atoms with Gasteiger partial charge in [-0.1, -0.05) is 11.8 Å². The van der Waals surface area contributed by atoms with Crippen LogP contribution in [0.2, 0.25) is 0 Å². The second kappa shape index (κ2) is 4.77. The topological polar surface area (TPSA) is 67.3 Å². The van der Waals surface area contributed by atoms with Crippen molar-refractivity contribution in [3.8, 4) is 11.8 Å². The first-order valence-corrected chi connectivity index (χ1v) is 3.85. The van der Waals surface area contributed by atoms with E-state index in [1.54, 1.807) is 0 Å². The number of aromatic carboxylic acids is 1. The Kier molecular flexibility index (Phi) is 3.39. The van der Waals surface area contributed by atoms with Crippen LogP contribution in [0.1, 0.15) is 22.3 Å². The number of aldehydes is 1. The van der Waals surface area contributed by atoms with Crippen LogP contribution in [0.25, 0.3) is 0 Å². The monoisotopic (exact) mass is 189 g/mol. The van der Waals surface area contributed by atoms with Crippen molar-refractivity contribution in [2.24, 2.45) is 0 Å². The van der Waals surface area contributed by atoms with Gasteiger partial charge < -0.3 is 9.90 Å². The average Bonchev–Trinajstić information content (AvgIpc) is 2.19. The molecule has 0 saturated heterocycles. The van der Waals surface area contributed by atoms with Crippen molar-refractivity contribution in [2.45, 2.75) is 6.42 Å². The summed E-state index contributed by atoms with van der Waals surface area (Å²) < 4.78 is 0. The second-order valence-electron chi connectivity index (χ2n) is 2.40. The van der Waals surface area contributed by atoms with Crippen LogP contribution in [0.15, 0.2) is 18.5 Å². The molecule has 1 heterocycles. The van der Waals surface area contributed by atoms with Gasteiger partial charge in [-0.25, -0.2) is 4.79 Å². The molecule has 0 atom stereocenters. The summed E-state index contributed by atoms with van der Waals surface area (Å²) in [7, 11) is 0. The number of carboxylic acids is 1. The molecule has 1 N–H and O–H groups in total. The summed E-state index contributed by atoms with van der Waals surface area (Å²) in [6, 6.07) is 1.37. The van der Waals surface area contributed by atoms with Gasteiger partial charge in [-0.05, 0) is 6.07 Å². The third-order valence-corrected chi connectivity index (χ3v) is 1.46. The maximum absolute atomic E-state index is 10.7. The molecule has 0 saturated carbocycles. The van der Waals surface area contributed by atoms with Crippen molar-refractivity contribution < 1.29 is 14.7 Å². The quantitative estimate of drug-likeness (QED) is 0.549. The molecule has 0 unspecified atom stereocenters. The number of hydrogen-bond donors (Lipinski definition) is 1. The Hall–Kier alpha value is -2.15. The van der Waals surface area contributed by atoms with Gasteiger partial charge in [0, 0.05) is 12.4 Å². The van der Waals surface area contributed by atoms with Crippen molar-refractivity contribution in [3.05, 3.63) is 29.6 Å². The fraction of sp³-hybridized carbons (Fsp3) is 0.100. The number of nitrogens with zero attached hydrogens (tertiary/aromatic N) is 1. The van der Waals surface area contributed by atoms with Crippen molar-refractivity contribution in [3.63, 3.8) is 0 Å². The van der Waals surface area contributed by atoms with E-state index in [1.807, 2.05) is 0 Å². The lowest BCUT2D eigenvalue weighted by molar-refractivity contribution is -0.107. The van der Waals surface area contributed by atoms with E-state index in [4.69, 9.17) is 5.11 Å². The van der Waals surface area contributed by atoms with Crippen molar-refractivity contribution in [1.29, 1.82) is 0 Å². The molecule has 0 bridgehead atoms. The first-order chi connectivity index (χ1) is 6.75. The lowest BCUT2D eigenvalue weighted by atomic mass is 10.1. The highest BCUT2D eigenvalue weighted by molar-refractivity contribution is 5.90. The molecule has 4 heteroatoms. The van der Waals surface area contributed by atoms with Crippen molar-refractivity contribution in [2.75, 3.05) is 0 Å². The van der Waals surface area contributed by atoms with Gasteiger partial charge in [-0.3, -0.25) is 4.98 Å². The van der Waals surface area contributed by atoms with Crippen LogP contribution in [0, 0.1) is 11.8 Å². The van der Waals surface area contributed by atoms with Gasteiger partial charge in [0.05, 0.1) is 17.5 Å². The van der Waals surface area contributed by atoms with Crippen molar-refractivity contribution >= 4 is 12.3 Å². The third kappa shape index (κ3) is 2.42.